The molecular formula is C15H19NO3S. The standard InChI is InChI=1S/C15H19NO3S/c1-15(8-3-2-4-9-15)16-14(19)13-11(7-10-20-13)5-6-12(17)18/h5-7,10H,2-4,8-9H2,1H3,(H,16,19)(H,17,18). The summed E-state index contributed by atoms with van der Waals surface area (Å²) in [7, 11) is 0. The number of thiophene rings is 1. The molecule has 1 fully saturated rings. The van der Waals surface area contributed by atoms with E-state index < -0.39 is 5.97 Å². The summed E-state index contributed by atoms with van der Waals surface area (Å²) in [6.07, 6.45) is 8.06. The molecule has 1 aromatic rings. The van der Waals surface area contributed by atoms with Gasteiger partial charge in [0.15, 0.2) is 0 Å². The molecule has 0 atom stereocenters. The van der Waals surface area contributed by atoms with E-state index in [9.17, 15) is 9.59 Å². The molecule has 1 aliphatic carbocycles. The number of carbonyl (C=O) groups is 2. The zero-order valence-electron chi connectivity index (χ0n) is 11.5. The molecule has 108 valence electrons. The molecule has 1 amide bonds. The molecule has 0 radical (unpaired) electrons. The van der Waals surface area contributed by atoms with Gasteiger partial charge in [-0.15, -0.1) is 11.3 Å². The average Bonchev–Trinajstić information content (AvgIpc) is 2.85. The summed E-state index contributed by atoms with van der Waals surface area (Å²) in [5, 5.41) is 13.6. The third-order valence-corrected chi connectivity index (χ3v) is 4.61. The summed E-state index contributed by atoms with van der Waals surface area (Å²) in [6.45, 7) is 2.09. The Bertz CT molecular complexity index is 527. The van der Waals surface area contributed by atoms with E-state index in [-0.39, 0.29) is 11.4 Å². The lowest BCUT2D eigenvalue weighted by Gasteiger charge is -2.34. The normalized spacial score (nSPS) is 18.1. The molecule has 0 bridgehead atoms. The van der Waals surface area contributed by atoms with Crippen LogP contribution in [0, 0.1) is 0 Å². The Morgan fingerprint density at radius 2 is 2.05 bits per heavy atom. The maximum absolute atomic E-state index is 12.4. The van der Waals surface area contributed by atoms with Gasteiger partial charge in [0.2, 0.25) is 0 Å². The Hall–Kier alpha value is -1.62. The fourth-order valence-electron chi connectivity index (χ4n) is 2.58. The molecule has 1 aromatic heterocycles. The van der Waals surface area contributed by atoms with E-state index in [0.29, 0.717) is 10.4 Å². The summed E-state index contributed by atoms with van der Waals surface area (Å²) in [6, 6.07) is 1.77. The summed E-state index contributed by atoms with van der Waals surface area (Å²) < 4.78 is 0. The number of aliphatic carboxylic acids is 1. The summed E-state index contributed by atoms with van der Waals surface area (Å²) in [4.78, 5) is 23.5. The highest BCUT2D eigenvalue weighted by Crippen LogP contribution is 2.28. The monoisotopic (exact) mass is 293 g/mol. The lowest BCUT2D eigenvalue weighted by Crippen LogP contribution is -2.47. The van der Waals surface area contributed by atoms with E-state index in [1.807, 2.05) is 0 Å². The number of rotatable bonds is 4. The van der Waals surface area contributed by atoms with Crippen molar-refractivity contribution in [2.75, 3.05) is 0 Å². The molecule has 2 N–H and O–H groups in total. The van der Waals surface area contributed by atoms with Crippen LogP contribution in [0.25, 0.3) is 6.08 Å². The molecule has 1 saturated carbocycles. The zero-order valence-corrected chi connectivity index (χ0v) is 12.3. The molecule has 0 aromatic carbocycles. The Morgan fingerprint density at radius 3 is 2.70 bits per heavy atom. The highest BCUT2D eigenvalue weighted by molar-refractivity contribution is 7.12. The van der Waals surface area contributed by atoms with E-state index in [0.717, 1.165) is 31.8 Å². The van der Waals surface area contributed by atoms with Gasteiger partial charge in [-0.25, -0.2) is 4.79 Å². The van der Waals surface area contributed by atoms with Gasteiger partial charge in [0, 0.05) is 11.6 Å². The molecule has 2 rings (SSSR count). The van der Waals surface area contributed by atoms with Crippen LogP contribution in [0.2, 0.25) is 0 Å². The van der Waals surface area contributed by atoms with Crippen molar-refractivity contribution in [1.82, 2.24) is 5.32 Å². The highest BCUT2D eigenvalue weighted by atomic mass is 32.1. The van der Waals surface area contributed by atoms with Gasteiger partial charge in [-0.2, -0.15) is 0 Å². The van der Waals surface area contributed by atoms with Crippen molar-refractivity contribution in [2.45, 2.75) is 44.6 Å². The minimum absolute atomic E-state index is 0.102. The van der Waals surface area contributed by atoms with Crippen LogP contribution in [0.3, 0.4) is 0 Å². The first-order valence-corrected chi connectivity index (χ1v) is 7.69. The fourth-order valence-corrected chi connectivity index (χ4v) is 3.36. The minimum atomic E-state index is -1.01. The molecular weight excluding hydrogens is 274 g/mol. The van der Waals surface area contributed by atoms with E-state index in [1.54, 1.807) is 11.4 Å². The summed E-state index contributed by atoms with van der Waals surface area (Å²) in [5.41, 5.74) is 0.530. The van der Waals surface area contributed by atoms with Gasteiger partial charge < -0.3 is 10.4 Å². The first-order chi connectivity index (χ1) is 9.50. The number of hydrogen-bond donors (Lipinski definition) is 2. The Morgan fingerprint density at radius 1 is 1.35 bits per heavy atom. The molecule has 1 heterocycles. The second-order valence-corrected chi connectivity index (χ2v) is 6.37. The lowest BCUT2D eigenvalue weighted by atomic mass is 9.83. The molecule has 5 heteroatoms. The molecule has 0 unspecified atom stereocenters. The highest BCUT2D eigenvalue weighted by Gasteiger charge is 2.29. The minimum Gasteiger partial charge on any atom is -0.478 e. The van der Waals surface area contributed by atoms with Gasteiger partial charge in [-0.3, -0.25) is 4.79 Å². The number of carboxylic acid groups (broad SMARTS) is 1. The molecule has 0 spiro atoms. The number of hydrogen-bond acceptors (Lipinski definition) is 3. The predicted molar refractivity (Wildman–Crippen MR) is 79.9 cm³/mol. The van der Waals surface area contributed by atoms with Crippen LogP contribution in [-0.4, -0.2) is 22.5 Å². The number of amides is 1. The quantitative estimate of drug-likeness (QED) is 0.837. The summed E-state index contributed by atoms with van der Waals surface area (Å²) >= 11 is 1.34. The number of nitrogens with one attached hydrogen (secondary N) is 1. The van der Waals surface area contributed by atoms with Gasteiger partial charge in [-0.05, 0) is 42.9 Å². The summed E-state index contributed by atoms with van der Waals surface area (Å²) in [5.74, 6) is -1.11. The predicted octanol–water partition coefficient (Wildman–Crippen LogP) is 3.30. The molecule has 20 heavy (non-hydrogen) atoms. The largest absolute Gasteiger partial charge is 0.478 e. The number of carboxylic acids is 1. The average molecular weight is 293 g/mol. The second-order valence-electron chi connectivity index (χ2n) is 5.45. The lowest BCUT2D eigenvalue weighted by molar-refractivity contribution is -0.131. The first kappa shape index (κ1) is 14.8. The first-order valence-electron chi connectivity index (χ1n) is 6.81. The van der Waals surface area contributed by atoms with Crippen molar-refractivity contribution in [3.63, 3.8) is 0 Å². The third kappa shape index (κ3) is 3.70. The molecule has 0 saturated heterocycles. The Labute approximate surface area is 122 Å². The van der Waals surface area contributed by atoms with Crippen LogP contribution in [0.1, 0.15) is 54.3 Å². The maximum Gasteiger partial charge on any atom is 0.328 e. The van der Waals surface area contributed by atoms with Gasteiger partial charge in [-0.1, -0.05) is 19.3 Å². The van der Waals surface area contributed by atoms with E-state index >= 15 is 0 Å². The van der Waals surface area contributed by atoms with E-state index in [4.69, 9.17) is 5.11 Å². The Balaban J connectivity index is 2.09. The van der Waals surface area contributed by atoms with Crippen LogP contribution in [0.4, 0.5) is 0 Å². The van der Waals surface area contributed by atoms with Crippen molar-refractivity contribution < 1.29 is 14.7 Å². The fraction of sp³-hybridized carbons (Fsp3) is 0.467. The maximum atomic E-state index is 12.4. The van der Waals surface area contributed by atoms with Gasteiger partial charge >= 0.3 is 5.97 Å². The Kier molecular flexibility index (Phi) is 4.60. The topological polar surface area (TPSA) is 66.4 Å². The van der Waals surface area contributed by atoms with Crippen molar-refractivity contribution in [3.8, 4) is 0 Å². The van der Waals surface area contributed by atoms with Gasteiger partial charge in [0.25, 0.3) is 5.91 Å². The molecule has 0 aliphatic heterocycles. The number of carbonyl (C=O) groups excluding carboxylic acids is 1. The van der Waals surface area contributed by atoms with Crippen LogP contribution in [0.15, 0.2) is 17.5 Å². The van der Waals surface area contributed by atoms with Crippen LogP contribution >= 0.6 is 11.3 Å². The van der Waals surface area contributed by atoms with Gasteiger partial charge in [0.05, 0.1) is 4.88 Å². The van der Waals surface area contributed by atoms with Crippen molar-refractivity contribution >= 4 is 29.3 Å². The molecule has 1 aliphatic rings. The van der Waals surface area contributed by atoms with Crippen molar-refractivity contribution in [1.29, 1.82) is 0 Å². The smallest absolute Gasteiger partial charge is 0.328 e. The zero-order chi connectivity index (χ0) is 14.6. The SMILES string of the molecule is CC1(NC(=O)c2sccc2C=CC(=O)O)CCCCC1. The van der Waals surface area contributed by atoms with E-state index in [2.05, 4.69) is 12.2 Å². The molecule has 4 nitrogen and oxygen atoms in total. The van der Waals surface area contributed by atoms with E-state index in [1.165, 1.54) is 23.8 Å². The van der Waals surface area contributed by atoms with Crippen LogP contribution < -0.4 is 5.32 Å². The van der Waals surface area contributed by atoms with Crippen molar-refractivity contribution in [3.05, 3.63) is 28.0 Å². The second kappa shape index (κ2) is 6.22. The van der Waals surface area contributed by atoms with Crippen LogP contribution in [0.5, 0.6) is 0 Å². The van der Waals surface area contributed by atoms with Crippen LogP contribution in [-0.2, 0) is 4.79 Å². The van der Waals surface area contributed by atoms with Crippen molar-refractivity contribution in [2.24, 2.45) is 0 Å². The third-order valence-electron chi connectivity index (χ3n) is 3.68. The van der Waals surface area contributed by atoms with Gasteiger partial charge in [0.1, 0.15) is 0 Å².